The molecule has 1 aromatic heterocycles. The fourth-order valence-electron chi connectivity index (χ4n) is 1.58. The number of hydrogen-bond donors (Lipinski definition) is 2. The summed E-state index contributed by atoms with van der Waals surface area (Å²) >= 11 is 0. The van der Waals surface area contributed by atoms with E-state index in [1.165, 1.54) is 6.20 Å². The van der Waals surface area contributed by atoms with E-state index in [1.54, 1.807) is 6.07 Å². The Balaban J connectivity index is 2.56. The van der Waals surface area contributed by atoms with Crippen molar-refractivity contribution in [2.24, 2.45) is 0 Å². The van der Waals surface area contributed by atoms with E-state index < -0.39 is 0 Å². The summed E-state index contributed by atoms with van der Waals surface area (Å²) in [5, 5.41) is 13.4. The second kappa shape index (κ2) is 3.89. The first kappa shape index (κ1) is 10.5. The molecule has 84 valence electrons. The number of nitrogens with zero attached hydrogens (tertiary/aromatic N) is 1. The van der Waals surface area contributed by atoms with Crippen molar-refractivity contribution in [2.75, 3.05) is 5.73 Å². The van der Waals surface area contributed by atoms with Gasteiger partial charge in [0.05, 0.1) is 11.8 Å². The third kappa shape index (κ3) is 1.74. The smallest absolute Gasteiger partial charge is 0.230 e. The van der Waals surface area contributed by atoms with Gasteiger partial charge in [0, 0.05) is 5.56 Å². The molecule has 4 nitrogen and oxygen atoms in total. The van der Waals surface area contributed by atoms with Gasteiger partial charge in [0.1, 0.15) is 5.75 Å². The summed E-state index contributed by atoms with van der Waals surface area (Å²) in [5.74, 6) is 0.788. The van der Waals surface area contributed by atoms with Crippen molar-refractivity contribution in [3.63, 3.8) is 0 Å². The van der Waals surface area contributed by atoms with Gasteiger partial charge in [-0.1, -0.05) is 25.1 Å². The highest BCUT2D eigenvalue weighted by Crippen LogP contribution is 2.35. The zero-order chi connectivity index (χ0) is 11.7. The van der Waals surface area contributed by atoms with Crippen LogP contribution in [0.1, 0.15) is 25.3 Å². The van der Waals surface area contributed by atoms with E-state index in [0.29, 0.717) is 17.0 Å². The average molecular weight is 218 g/mol. The van der Waals surface area contributed by atoms with Gasteiger partial charge in [-0.3, -0.25) is 0 Å². The lowest BCUT2D eigenvalue weighted by Gasteiger charge is -2.09. The van der Waals surface area contributed by atoms with Crippen molar-refractivity contribution in [3.8, 4) is 16.9 Å². The Bertz CT molecular complexity index is 503. The SMILES string of the molecule is CC(C)c1ccc(O)c(-c2cnoc2N)c1. The molecule has 0 radical (unpaired) electrons. The molecule has 3 N–H and O–H groups in total. The lowest BCUT2D eigenvalue weighted by atomic mass is 9.98. The van der Waals surface area contributed by atoms with Crippen LogP contribution < -0.4 is 5.73 Å². The second-order valence-electron chi connectivity index (χ2n) is 4.04. The van der Waals surface area contributed by atoms with E-state index in [1.807, 2.05) is 12.1 Å². The summed E-state index contributed by atoms with van der Waals surface area (Å²) in [6, 6.07) is 5.47. The molecular formula is C12H14N2O2. The number of phenols is 1. The fourth-order valence-corrected chi connectivity index (χ4v) is 1.58. The molecule has 0 spiro atoms. The number of aromatic nitrogens is 1. The standard InChI is InChI=1S/C12H14N2O2/c1-7(2)8-3-4-11(15)9(5-8)10-6-14-16-12(10)13/h3-7,15H,13H2,1-2H3. The van der Waals surface area contributed by atoms with Crippen LogP contribution in [0.15, 0.2) is 28.9 Å². The molecule has 0 aliphatic heterocycles. The van der Waals surface area contributed by atoms with Crippen LogP contribution in [0, 0.1) is 0 Å². The van der Waals surface area contributed by atoms with Crippen molar-refractivity contribution >= 4 is 5.88 Å². The number of rotatable bonds is 2. The summed E-state index contributed by atoms with van der Waals surface area (Å²) in [5.41, 5.74) is 8.04. The number of hydrogen-bond acceptors (Lipinski definition) is 4. The molecule has 0 unspecified atom stereocenters. The number of nitrogen functional groups attached to an aromatic ring is 1. The molecule has 0 saturated heterocycles. The van der Waals surface area contributed by atoms with Gasteiger partial charge in [-0.2, -0.15) is 0 Å². The summed E-state index contributed by atoms with van der Waals surface area (Å²) < 4.78 is 4.79. The molecule has 1 aromatic carbocycles. The molecular weight excluding hydrogens is 204 g/mol. The van der Waals surface area contributed by atoms with Crippen LogP contribution in [0.25, 0.3) is 11.1 Å². The van der Waals surface area contributed by atoms with Gasteiger partial charge in [-0.15, -0.1) is 0 Å². The molecule has 2 aromatic rings. The van der Waals surface area contributed by atoms with E-state index in [0.717, 1.165) is 5.56 Å². The zero-order valence-electron chi connectivity index (χ0n) is 9.27. The van der Waals surface area contributed by atoms with Crippen LogP contribution in [-0.4, -0.2) is 10.3 Å². The van der Waals surface area contributed by atoms with Gasteiger partial charge in [0.15, 0.2) is 0 Å². The molecule has 0 fully saturated rings. The Labute approximate surface area is 93.7 Å². The van der Waals surface area contributed by atoms with Crippen LogP contribution in [0.4, 0.5) is 5.88 Å². The minimum absolute atomic E-state index is 0.180. The Morgan fingerprint density at radius 2 is 2.06 bits per heavy atom. The van der Waals surface area contributed by atoms with Gasteiger partial charge in [-0.25, -0.2) is 0 Å². The fraction of sp³-hybridized carbons (Fsp3) is 0.250. The summed E-state index contributed by atoms with van der Waals surface area (Å²) in [7, 11) is 0. The molecule has 0 atom stereocenters. The van der Waals surface area contributed by atoms with Crippen LogP contribution in [0.3, 0.4) is 0 Å². The summed E-state index contributed by atoms with van der Waals surface area (Å²) in [6.07, 6.45) is 1.51. The third-order valence-electron chi connectivity index (χ3n) is 2.58. The Morgan fingerprint density at radius 3 is 2.62 bits per heavy atom. The van der Waals surface area contributed by atoms with Gasteiger partial charge in [0.25, 0.3) is 0 Å². The Kier molecular flexibility index (Phi) is 2.56. The lowest BCUT2D eigenvalue weighted by Crippen LogP contribution is -1.90. The first-order chi connectivity index (χ1) is 7.59. The molecule has 0 saturated carbocycles. The third-order valence-corrected chi connectivity index (χ3v) is 2.58. The van der Waals surface area contributed by atoms with Crippen molar-refractivity contribution in [3.05, 3.63) is 30.0 Å². The molecule has 16 heavy (non-hydrogen) atoms. The topological polar surface area (TPSA) is 72.3 Å². The zero-order valence-corrected chi connectivity index (χ0v) is 9.27. The van der Waals surface area contributed by atoms with Crippen LogP contribution in [-0.2, 0) is 0 Å². The van der Waals surface area contributed by atoms with Crippen molar-refractivity contribution in [2.45, 2.75) is 19.8 Å². The van der Waals surface area contributed by atoms with Crippen molar-refractivity contribution < 1.29 is 9.63 Å². The lowest BCUT2D eigenvalue weighted by molar-refractivity contribution is 0.436. The van der Waals surface area contributed by atoms with Crippen LogP contribution in [0.2, 0.25) is 0 Å². The maximum Gasteiger partial charge on any atom is 0.230 e. The molecule has 4 heteroatoms. The van der Waals surface area contributed by atoms with Crippen LogP contribution in [0.5, 0.6) is 5.75 Å². The summed E-state index contributed by atoms with van der Waals surface area (Å²) in [6.45, 7) is 4.18. The first-order valence-corrected chi connectivity index (χ1v) is 5.13. The maximum atomic E-state index is 9.79. The van der Waals surface area contributed by atoms with E-state index in [2.05, 4.69) is 19.0 Å². The maximum absolute atomic E-state index is 9.79. The Morgan fingerprint density at radius 1 is 1.31 bits per heavy atom. The largest absolute Gasteiger partial charge is 0.507 e. The highest BCUT2D eigenvalue weighted by molar-refractivity contribution is 5.77. The number of aromatic hydroxyl groups is 1. The molecule has 2 rings (SSSR count). The average Bonchev–Trinajstić information content (AvgIpc) is 2.65. The van der Waals surface area contributed by atoms with Crippen LogP contribution >= 0.6 is 0 Å². The van der Waals surface area contributed by atoms with E-state index in [-0.39, 0.29) is 11.6 Å². The minimum Gasteiger partial charge on any atom is -0.507 e. The monoisotopic (exact) mass is 218 g/mol. The molecule has 0 aliphatic carbocycles. The van der Waals surface area contributed by atoms with Crippen molar-refractivity contribution in [1.29, 1.82) is 0 Å². The molecule has 0 amide bonds. The minimum atomic E-state index is 0.180. The number of phenolic OH excluding ortho intramolecular Hbond substituents is 1. The van der Waals surface area contributed by atoms with Crippen molar-refractivity contribution in [1.82, 2.24) is 5.16 Å². The predicted molar refractivity (Wildman–Crippen MR) is 62.1 cm³/mol. The van der Waals surface area contributed by atoms with E-state index in [4.69, 9.17) is 10.3 Å². The Hall–Kier alpha value is -1.97. The van der Waals surface area contributed by atoms with Gasteiger partial charge >= 0.3 is 0 Å². The summed E-state index contributed by atoms with van der Waals surface area (Å²) in [4.78, 5) is 0. The number of anilines is 1. The predicted octanol–water partition coefficient (Wildman–Crippen LogP) is 2.75. The second-order valence-corrected chi connectivity index (χ2v) is 4.04. The number of benzene rings is 1. The normalized spacial score (nSPS) is 10.9. The van der Waals surface area contributed by atoms with E-state index in [9.17, 15) is 5.11 Å². The first-order valence-electron chi connectivity index (χ1n) is 5.13. The van der Waals surface area contributed by atoms with Gasteiger partial charge in [-0.05, 0) is 23.6 Å². The van der Waals surface area contributed by atoms with Gasteiger partial charge in [0.2, 0.25) is 5.88 Å². The molecule has 0 aliphatic rings. The highest BCUT2D eigenvalue weighted by Gasteiger charge is 2.13. The molecule has 0 bridgehead atoms. The quantitative estimate of drug-likeness (QED) is 0.812. The highest BCUT2D eigenvalue weighted by atomic mass is 16.5. The number of nitrogens with two attached hydrogens (primary N) is 1. The van der Waals surface area contributed by atoms with Gasteiger partial charge < -0.3 is 15.4 Å². The van der Waals surface area contributed by atoms with E-state index >= 15 is 0 Å². The molecule has 1 heterocycles.